The second-order valence-electron chi connectivity index (χ2n) is 9.77. The van der Waals surface area contributed by atoms with Crippen molar-refractivity contribution in [3.05, 3.63) is 83.3 Å². The first-order valence-corrected chi connectivity index (χ1v) is 12.6. The summed E-state index contributed by atoms with van der Waals surface area (Å²) >= 11 is 0. The van der Waals surface area contributed by atoms with E-state index in [1.165, 1.54) is 5.56 Å². The predicted octanol–water partition coefficient (Wildman–Crippen LogP) is 5.34. The van der Waals surface area contributed by atoms with Gasteiger partial charge in [0.15, 0.2) is 0 Å². The number of carbonyl (C=O) groups is 1. The average Bonchev–Trinajstić information content (AvgIpc) is 2.91. The van der Waals surface area contributed by atoms with E-state index in [1.807, 2.05) is 36.1 Å². The first-order valence-electron chi connectivity index (χ1n) is 12.6. The topological polar surface area (TPSA) is 64.6 Å². The van der Waals surface area contributed by atoms with Crippen LogP contribution in [0.3, 0.4) is 0 Å². The van der Waals surface area contributed by atoms with Gasteiger partial charge in [-0.1, -0.05) is 48.0 Å². The van der Waals surface area contributed by atoms with Crippen LogP contribution in [0.5, 0.6) is 11.6 Å². The number of aromatic nitrogens is 2. The molecule has 2 aliphatic rings. The highest BCUT2D eigenvalue weighted by atomic mass is 16.5. The van der Waals surface area contributed by atoms with E-state index in [1.54, 1.807) is 12.4 Å². The van der Waals surface area contributed by atoms with Crippen LogP contribution in [-0.4, -0.2) is 47.1 Å². The van der Waals surface area contributed by atoms with Crippen LogP contribution < -0.4 is 4.74 Å². The van der Waals surface area contributed by atoms with Crippen molar-refractivity contribution >= 4 is 5.91 Å². The summed E-state index contributed by atoms with van der Waals surface area (Å²) in [5.74, 6) is 1.59. The van der Waals surface area contributed by atoms with Gasteiger partial charge in [0.2, 0.25) is 11.8 Å². The number of para-hydroxylation sites is 1. The number of nitrogens with zero attached hydrogens (tertiary/aromatic N) is 3. The number of piperidine rings is 1. The molecule has 2 saturated heterocycles. The highest BCUT2D eigenvalue weighted by Crippen LogP contribution is 2.40. The van der Waals surface area contributed by atoms with Gasteiger partial charge in [0, 0.05) is 44.6 Å². The Balaban J connectivity index is 1.41. The lowest BCUT2D eigenvalue weighted by Gasteiger charge is -2.42. The van der Waals surface area contributed by atoms with Gasteiger partial charge in [0.05, 0.1) is 5.41 Å². The normalized spacial score (nSPS) is 19.8. The Morgan fingerprint density at radius 1 is 1.03 bits per heavy atom. The molecule has 6 heteroatoms. The number of aryl methyl sites for hydroxylation is 2. The predicted molar refractivity (Wildman–Crippen MR) is 135 cm³/mol. The van der Waals surface area contributed by atoms with Crippen molar-refractivity contribution in [2.75, 3.05) is 26.3 Å². The van der Waals surface area contributed by atoms with Crippen LogP contribution in [0.2, 0.25) is 0 Å². The molecule has 5 rings (SSSR count). The standard InChI is InChI=1S/C29H33N3O3/c1-21-9-11-24(12-10-21)29(13-18-34-19-14-29)28(33)32-17-5-7-23(20-32)26-27(31-16-15-30-26)35-25-8-4-3-6-22(25)2/h3-4,6,8-12,15-16,23H,5,7,13-14,17-20H2,1-2H3/t23-/m1/s1. The summed E-state index contributed by atoms with van der Waals surface area (Å²) in [4.78, 5) is 25.4. The van der Waals surface area contributed by atoms with Crippen molar-refractivity contribution in [2.24, 2.45) is 0 Å². The number of hydrogen-bond acceptors (Lipinski definition) is 5. The summed E-state index contributed by atoms with van der Waals surface area (Å²) in [6, 6.07) is 16.4. The SMILES string of the molecule is Cc1ccc(C2(C(=O)N3CCC[C@@H](c4nccnc4Oc4ccccc4C)C3)CCOCC2)cc1. The molecule has 3 heterocycles. The average molecular weight is 472 g/mol. The van der Waals surface area contributed by atoms with E-state index in [4.69, 9.17) is 9.47 Å². The van der Waals surface area contributed by atoms with E-state index < -0.39 is 5.41 Å². The molecule has 182 valence electrons. The van der Waals surface area contributed by atoms with Crippen LogP contribution in [0, 0.1) is 13.8 Å². The molecule has 0 aliphatic carbocycles. The minimum atomic E-state index is -0.531. The number of benzene rings is 2. The van der Waals surface area contributed by atoms with Crippen molar-refractivity contribution in [2.45, 2.75) is 50.9 Å². The van der Waals surface area contributed by atoms with E-state index in [0.29, 0.717) is 38.5 Å². The van der Waals surface area contributed by atoms with Crippen LogP contribution >= 0.6 is 0 Å². The van der Waals surface area contributed by atoms with Gasteiger partial charge in [-0.3, -0.25) is 9.78 Å². The minimum absolute atomic E-state index is 0.0790. The second-order valence-corrected chi connectivity index (χ2v) is 9.77. The number of rotatable bonds is 5. The first-order chi connectivity index (χ1) is 17.1. The van der Waals surface area contributed by atoms with E-state index in [0.717, 1.165) is 42.0 Å². The number of likely N-dealkylation sites (tertiary alicyclic amines) is 1. The van der Waals surface area contributed by atoms with Crippen molar-refractivity contribution in [1.29, 1.82) is 0 Å². The molecule has 1 atom stereocenters. The van der Waals surface area contributed by atoms with E-state index in [9.17, 15) is 4.79 Å². The van der Waals surface area contributed by atoms with Gasteiger partial charge < -0.3 is 14.4 Å². The van der Waals surface area contributed by atoms with Crippen LogP contribution in [0.4, 0.5) is 0 Å². The zero-order chi connectivity index (χ0) is 24.3. The molecule has 0 spiro atoms. The molecule has 3 aromatic rings. The molecule has 2 aromatic carbocycles. The van der Waals surface area contributed by atoms with Crippen LogP contribution in [0.1, 0.15) is 54.0 Å². The molecule has 0 N–H and O–H groups in total. The minimum Gasteiger partial charge on any atom is -0.437 e. The summed E-state index contributed by atoms with van der Waals surface area (Å²) in [5.41, 5.74) is 3.64. The van der Waals surface area contributed by atoms with Gasteiger partial charge in [0.25, 0.3) is 0 Å². The maximum Gasteiger partial charge on any atom is 0.241 e. The lowest BCUT2D eigenvalue weighted by atomic mass is 9.72. The molecule has 2 aliphatic heterocycles. The Hall–Kier alpha value is -3.25. The van der Waals surface area contributed by atoms with Crippen molar-refractivity contribution in [3.8, 4) is 11.6 Å². The van der Waals surface area contributed by atoms with Gasteiger partial charge in [-0.15, -0.1) is 0 Å². The Bertz CT molecular complexity index is 1170. The number of amides is 1. The Morgan fingerprint density at radius 2 is 1.77 bits per heavy atom. The maximum absolute atomic E-state index is 14.2. The van der Waals surface area contributed by atoms with Crippen molar-refractivity contribution in [3.63, 3.8) is 0 Å². The highest BCUT2D eigenvalue weighted by molar-refractivity contribution is 5.88. The van der Waals surface area contributed by atoms with Gasteiger partial charge in [-0.05, 0) is 56.7 Å². The molecule has 0 saturated carbocycles. The lowest BCUT2D eigenvalue weighted by molar-refractivity contribution is -0.142. The summed E-state index contributed by atoms with van der Waals surface area (Å²) in [6.45, 7) is 6.69. The fourth-order valence-electron chi connectivity index (χ4n) is 5.38. The zero-order valence-electron chi connectivity index (χ0n) is 20.6. The highest BCUT2D eigenvalue weighted by Gasteiger charge is 2.45. The molecule has 1 aromatic heterocycles. The van der Waals surface area contributed by atoms with Gasteiger partial charge in [-0.25, -0.2) is 4.98 Å². The van der Waals surface area contributed by atoms with Crippen LogP contribution in [-0.2, 0) is 14.9 Å². The van der Waals surface area contributed by atoms with E-state index >= 15 is 0 Å². The Labute approximate surface area is 207 Å². The number of ether oxygens (including phenoxy) is 2. The molecule has 2 fully saturated rings. The summed E-state index contributed by atoms with van der Waals surface area (Å²) in [7, 11) is 0. The molecule has 0 bridgehead atoms. The zero-order valence-corrected chi connectivity index (χ0v) is 20.6. The van der Waals surface area contributed by atoms with Crippen molar-refractivity contribution in [1.82, 2.24) is 14.9 Å². The first kappa shape index (κ1) is 23.5. The monoisotopic (exact) mass is 471 g/mol. The largest absolute Gasteiger partial charge is 0.437 e. The van der Waals surface area contributed by atoms with Crippen LogP contribution in [0.25, 0.3) is 0 Å². The quantitative estimate of drug-likeness (QED) is 0.503. The molecule has 1 amide bonds. The fourth-order valence-corrected chi connectivity index (χ4v) is 5.38. The molecular formula is C29H33N3O3. The Kier molecular flexibility index (Phi) is 6.82. The molecule has 0 radical (unpaired) electrons. The summed E-state index contributed by atoms with van der Waals surface area (Å²) in [5, 5.41) is 0. The van der Waals surface area contributed by atoms with Gasteiger partial charge in [0.1, 0.15) is 11.4 Å². The number of carbonyl (C=O) groups excluding carboxylic acids is 1. The smallest absolute Gasteiger partial charge is 0.241 e. The number of hydrogen-bond donors (Lipinski definition) is 0. The third kappa shape index (κ3) is 4.80. The van der Waals surface area contributed by atoms with Gasteiger partial charge >= 0.3 is 0 Å². The third-order valence-corrected chi connectivity index (χ3v) is 7.45. The van der Waals surface area contributed by atoms with Gasteiger partial charge in [-0.2, -0.15) is 0 Å². The summed E-state index contributed by atoms with van der Waals surface area (Å²) < 4.78 is 11.9. The fraction of sp³-hybridized carbons (Fsp3) is 0.414. The molecule has 6 nitrogen and oxygen atoms in total. The Morgan fingerprint density at radius 3 is 2.54 bits per heavy atom. The van der Waals surface area contributed by atoms with Crippen molar-refractivity contribution < 1.29 is 14.3 Å². The molecule has 0 unspecified atom stereocenters. The van der Waals surface area contributed by atoms with E-state index in [2.05, 4.69) is 41.2 Å². The molecular weight excluding hydrogens is 438 g/mol. The third-order valence-electron chi connectivity index (χ3n) is 7.45. The maximum atomic E-state index is 14.2. The lowest BCUT2D eigenvalue weighted by Crippen LogP contribution is -2.52. The molecule has 35 heavy (non-hydrogen) atoms. The van der Waals surface area contributed by atoms with Crippen LogP contribution in [0.15, 0.2) is 60.9 Å². The second kappa shape index (κ2) is 10.2. The van der Waals surface area contributed by atoms with E-state index in [-0.39, 0.29) is 11.8 Å². The summed E-state index contributed by atoms with van der Waals surface area (Å²) in [6.07, 6.45) is 6.68.